The lowest BCUT2D eigenvalue weighted by atomic mass is 9.97. The summed E-state index contributed by atoms with van der Waals surface area (Å²) < 4.78 is 5.37. The zero-order chi connectivity index (χ0) is 24.9. The second kappa shape index (κ2) is 10.3. The highest BCUT2D eigenvalue weighted by atomic mass is 16.5. The molecule has 5 nitrogen and oxygen atoms in total. The Labute approximate surface area is 205 Å². The van der Waals surface area contributed by atoms with E-state index >= 15 is 0 Å². The third-order valence-electron chi connectivity index (χ3n) is 6.03. The van der Waals surface area contributed by atoms with Crippen LogP contribution in [0.15, 0.2) is 84.9 Å². The smallest absolute Gasteiger partial charge is 0.335 e. The molecule has 0 atom stereocenters. The van der Waals surface area contributed by atoms with Crippen LogP contribution in [-0.2, 0) is 6.54 Å². The number of carbonyl (C=O) groups excluding carboxylic acids is 1. The molecule has 35 heavy (non-hydrogen) atoms. The topological polar surface area (TPSA) is 75.6 Å². The average Bonchev–Trinajstić information content (AvgIpc) is 2.87. The molecular formula is C30H27NO4. The number of hydrogen-bond acceptors (Lipinski definition) is 3. The maximum Gasteiger partial charge on any atom is 0.335 e. The number of nitrogens with one attached hydrogen (secondary N) is 1. The fourth-order valence-electron chi connectivity index (χ4n) is 4.06. The van der Waals surface area contributed by atoms with Gasteiger partial charge in [-0.25, -0.2) is 4.79 Å². The predicted molar refractivity (Wildman–Crippen MR) is 138 cm³/mol. The summed E-state index contributed by atoms with van der Waals surface area (Å²) >= 11 is 0. The molecule has 4 aromatic carbocycles. The van der Waals surface area contributed by atoms with Gasteiger partial charge in [0.15, 0.2) is 0 Å². The van der Waals surface area contributed by atoms with Crippen LogP contribution in [0.2, 0.25) is 0 Å². The number of hydrogen-bond donors (Lipinski definition) is 2. The van der Waals surface area contributed by atoms with Crippen molar-refractivity contribution in [2.45, 2.75) is 20.4 Å². The molecule has 0 aliphatic carbocycles. The number of ether oxygens (including phenoxy) is 1. The first-order chi connectivity index (χ1) is 16.9. The number of aromatic carboxylic acids is 1. The molecule has 0 saturated heterocycles. The minimum absolute atomic E-state index is 0.175. The molecule has 0 spiro atoms. The Morgan fingerprint density at radius 1 is 0.829 bits per heavy atom. The highest BCUT2D eigenvalue weighted by Crippen LogP contribution is 2.29. The van der Waals surface area contributed by atoms with Crippen LogP contribution in [-0.4, -0.2) is 24.1 Å². The van der Waals surface area contributed by atoms with E-state index in [-0.39, 0.29) is 18.0 Å². The van der Waals surface area contributed by atoms with Gasteiger partial charge < -0.3 is 15.2 Å². The Morgan fingerprint density at radius 3 is 2.26 bits per heavy atom. The molecule has 0 heterocycles. The van der Waals surface area contributed by atoms with Gasteiger partial charge in [-0.3, -0.25) is 4.79 Å². The summed E-state index contributed by atoms with van der Waals surface area (Å²) in [5.41, 5.74) is 7.50. The van der Waals surface area contributed by atoms with Crippen molar-refractivity contribution in [3.63, 3.8) is 0 Å². The van der Waals surface area contributed by atoms with Crippen LogP contribution in [0.1, 0.15) is 37.4 Å². The first kappa shape index (κ1) is 23.8. The molecule has 4 rings (SSSR count). The summed E-state index contributed by atoms with van der Waals surface area (Å²) in [5.74, 6) is -0.503. The van der Waals surface area contributed by atoms with E-state index in [1.165, 1.54) is 5.56 Å². The SMILES string of the molecule is COc1ccc(-c2cccc(C(=O)O)c2)c(CNC(=O)c2ccc(-c3ccc(C)cc3)cc2C)c1. The number of carboxylic acid groups (broad SMARTS) is 1. The van der Waals surface area contributed by atoms with Gasteiger partial charge in [-0.15, -0.1) is 0 Å². The van der Waals surface area contributed by atoms with Crippen LogP contribution in [0.5, 0.6) is 5.75 Å². The molecule has 0 fully saturated rings. The Bertz CT molecular complexity index is 1390. The molecule has 0 saturated carbocycles. The molecule has 0 radical (unpaired) electrons. The molecule has 0 unspecified atom stereocenters. The minimum atomic E-state index is -0.986. The molecule has 2 N–H and O–H groups in total. The Hall–Kier alpha value is -4.38. The van der Waals surface area contributed by atoms with Crippen molar-refractivity contribution in [1.29, 1.82) is 0 Å². The van der Waals surface area contributed by atoms with Crippen molar-refractivity contribution < 1.29 is 19.4 Å². The second-order valence-corrected chi connectivity index (χ2v) is 8.49. The normalized spacial score (nSPS) is 10.6. The van der Waals surface area contributed by atoms with Gasteiger partial charge in [-0.2, -0.15) is 0 Å². The molecule has 0 aliphatic rings. The van der Waals surface area contributed by atoms with Gasteiger partial charge in [-0.1, -0.05) is 60.2 Å². The van der Waals surface area contributed by atoms with Gasteiger partial charge >= 0.3 is 5.97 Å². The van der Waals surface area contributed by atoms with Crippen LogP contribution >= 0.6 is 0 Å². The Morgan fingerprint density at radius 2 is 1.57 bits per heavy atom. The maximum atomic E-state index is 13.1. The zero-order valence-electron chi connectivity index (χ0n) is 20.0. The highest BCUT2D eigenvalue weighted by Gasteiger charge is 2.14. The first-order valence-electron chi connectivity index (χ1n) is 11.3. The highest BCUT2D eigenvalue weighted by molar-refractivity contribution is 5.96. The standard InChI is InChI=1S/C30H27NO4/c1-19-7-9-21(10-8-19)22-11-13-27(20(2)15-22)29(32)31-18-25-17-26(35-3)12-14-28(25)23-5-4-6-24(16-23)30(33)34/h4-17H,18H2,1-3H3,(H,31,32)(H,33,34). The maximum absolute atomic E-state index is 13.1. The number of rotatable bonds is 7. The van der Waals surface area contributed by atoms with E-state index in [2.05, 4.69) is 36.5 Å². The first-order valence-corrected chi connectivity index (χ1v) is 11.3. The lowest BCUT2D eigenvalue weighted by Crippen LogP contribution is -2.24. The van der Waals surface area contributed by atoms with E-state index in [0.717, 1.165) is 33.4 Å². The number of methoxy groups -OCH3 is 1. The summed E-state index contributed by atoms with van der Waals surface area (Å²) in [6.45, 7) is 4.25. The summed E-state index contributed by atoms with van der Waals surface area (Å²) in [4.78, 5) is 24.5. The van der Waals surface area contributed by atoms with Crippen LogP contribution < -0.4 is 10.1 Å². The molecule has 1 amide bonds. The van der Waals surface area contributed by atoms with Gasteiger partial charge in [0.1, 0.15) is 5.75 Å². The fraction of sp³-hybridized carbons (Fsp3) is 0.133. The van der Waals surface area contributed by atoms with Crippen LogP contribution in [0.4, 0.5) is 0 Å². The van der Waals surface area contributed by atoms with Crippen molar-refractivity contribution in [3.8, 4) is 28.0 Å². The average molecular weight is 466 g/mol. The van der Waals surface area contributed by atoms with Crippen LogP contribution in [0.25, 0.3) is 22.3 Å². The number of carbonyl (C=O) groups is 2. The van der Waals surface area contributed by atoms with E-state index in [0.29, 0.717) is 11.3 Å². The summed E-state index contributed by atoms with van der Waals surface area (Å²) in [7, 11) is 1.58. The summed E-state index contributed by atoms with van der Waals surface area (Å²) in [6, 6.07) is 26.4. The molecular weight excluding hydrogens is 438 g/mol. The lowest BCUT2D eigenvalue weighted by molar-refractivity contribution is 0.0696. The zero-order valence-corrected chi connectivity index (χ0v) is 20.0. The fourth-order valence-corrected chi connectivity index (χ4v) is 4.06. The minimum Gasteiger partial charge on any atom is -0.497 e. The van der Waals surface area contributed by atoms with E-state index < -0.39 is 5.97 Å². The number of amides is 1. The van der Waals surface area contributed by atoms with Crippen LogP contribution in [0, 0.1) is 13.8 Å². The number of carboxylic acids is 1. The van der Waals surface area contributed by atoms with Crippen LogP contribution in [0.3, 0.4) is 0 Å². The van der Waals surface area contributed by atoms with E-state index in [1.54, 1.807) is 25.3 Å². The molecule has 176 valence electrons. The van der Waals surface area contributed by atoms with Gasteiger partial charge in [0.25, 0.3) is 5.91 Å². The van der Waals surface area contributed by atoms with Gasteiger partial charge in [0.05, 0.1) is 12.7 Å². The third-order valence-corrected chi connectivity index (χ3v) is 6.03. The summed E-state index contributed by atoms with van der Waals surface area (Å²) in [6.07, 6.45) is 0. The lowest BCUT2D eigenvalue weighted by Gasteiger charge is -2.14. The third kappa shape index (κ3) is 5.41. The number of aryl methyl sites for hydroxylation is 2. The second-order valence-electron chi connectivity index (χ2n) is 8.49. The summed E-state index contributed by atoms with van der Waals surface area (Å²) in [5, 5.41) is 12.4. The monoisotopic (exact) mass is 465 g/mol. The van der Waals surface area contributed by atoms with Gasteiger partial charge in [-0.05, 0) is 77.6 Å². The Balaban J connectivity index is 1.57. The molecule has 0 aromatic heterocycles. The molecule has 0 bridgehead atoms. The van der Waals surface area contributed by atoms with E-state index in [9.17, 15) is 14.7 Å². The quantitative estimate of drug-likeness (QED) is 0.337. The van der Waals surface area contributed by atoms with Crippen molar-refractivity contribution >= 4 is 11.9 Å². The van der Waals surface area contributed by atoms with Crippen molar-refractivity contribution in [2.75, 3.05) is 7.11 Å². The van der Waals surface area contributed by atoms with Crippen molar-refractivity contribution in [1.82, 2.24) is 5.32 Å². The van der Waals surface area contributed by atoms with E-state index in [1.807, 2.05) is 49.4 Å². The predicted octanol–water partition coefficient (Wildman–Crippen LogP) is 6.27. The largest absolute Gasteiger partial charge is 0.497 e. The van der Waals surface area contributed by atoms with Crippen molar-refractivity contribution in [2.24, 2.45) is 0 Å². The van der Waals surface area contributed by atoms with Crippen molar-refractivity contribution in [3.05, 3.63) is 113 Å². The van der Waals surface area contributed by atoms with Gasteiger partial charge in [0, 0.05) is 12.1 Å². The molecule has 5 heteroatoms. The molecule has 4 aromatic rings. The number of benzene rings is 4. The van der Waals surface area contributed by atoms with E-state index in [4.69, 9.17) is 4.74 Å². The Kier molecular flexibility index (Phi) is 6.97. The van der Waals surface area contributed by atoms with Gasteiger partial charge in [0.2, 0.25) is 0 Å². The molecule has 0 aliphatic heterocycles.